The molecule has 0 aliphatic carbocycles. The van der Waals surface area contributed by atoms with Crippen molar-refractivity contribution in [2.75, 3.05) is 49.1 Å². The molecule has 4 rings (SSSR count). The number of carbonyl (C=O) groups is 1. The van der Waals surface area contributed by atoms with Crippen molar-refractivity contribution in [3.63, 3.8) is 0 Å². The predicted molar refractivity (Wildman–Crippen MR) is 109 cm³/mol. The standard InChI is InChI=1S/C21H24F3N5O2/c1-15-14-18(27-8-4-5-9-27)26-20(25-15)29-12-10-28(11-13-29)19(30)16-6-2-3-7-17(16)31-21(22,23)24/h2-3,6-7,14H,4-5,8-13H2,1H3. The zero-order valence-corrected chi connectivity index (χ0v) is 17.2. The summed E-state index contributed by atoms with van der Waals surface area (Å²) < 4.78 is 42.0. The van der Waals surface area contributed by atoms with Crippen LogP contribution in [0.5, 0.6) is 5.75 Å². The summed E-state index contributed by atoms with van der Waals surface area (Å²) in [4.78, 5) is 27.9. The fourth-order valence-corrected chi connectivity index (χ4v) is 3.92. The summed E-state index contributed by atoms with van der Waals surface area (Å²) in [6.45, 7) is 5.61. The Labute approximate surface area is 178 Å². The van der Waals surface area contributed by atoms with E-state index >= 15 is 0 Å². The Kier molecular flexibility index (Phi) is 5.88. The molecule has 10 heteroatoms. The summed E-state index contributed by atoms with van der Waals surface area (Å²) >= 11 is 0. The minimum absolute atomic E-state index is 0.101. The zero-order valence-electron chi connectivity index (χ0n) is 17.2. The number of hydrogen-bond donors (Lipinski definition) is 0. The number of alkyl halides is 3. The number of benzene rings is 1. The van der Waals surface area contributed by atoms with E-state index in [-0.39, 0.29) is 5.56 Å². The normalized spacial score (nSPS) is 17.2. The Bertz CT molecular complexity index is 939. The number of aryl methyl sites for hydroxylation is 1. The van der Waals surface area contributed by atoms with Crippen LogP contribution in [0.1, 0.15) is 28.9 Å². The molecule has 0 spiro atoms. The largest absolute Gasteiger partial charge is 0.573 e. The molecule has 1 aromatic heterocycles. The van der Waals surface area contributed by atoms with Gasteiger partial charge < -0.3 is 19.4 Å². The maximum absolute atomic E-state index is 12.9. The topological polar surface area (TPSA) is 61.8 Å². The van der Waals surface area contributed by atoms with Crippen molar-refractivity contribution in [1.29, 1.82) is 0 Å². The van der Waals surface area contributed by atoms with E-state index in [1.807, 2.05) is 17.9 Å². The summed E-state index contributed by atoms with van der Waals surface area (Å²) in [5, 5.41) is 0. The van der Waals surface area contributed by atoms with Crippen molar-refractivity contribution >= 4 is 17.7 Å². The molecule has 2 fully saturated rings. The summed E-state index contributed by atoms with van der Waals surface area (Å²) in [7, 11) is 0. The van der Waals surface area contributed by atoms with Crippen LogP contribution in [0, 0.1) is 6.92 Å². The molecule has 2 aliphatic heterocycles. The quantitative estimate of drug-likeness (QED) is 0.735. The van der Waals surface area contributed by atoms with Crippen molar-refractivity contribution in [2.24, 2.45) is 0 Å². The smallest absolute Gasteiger partial charge is 0.405 e. The van der Waals surface area contributed by atoms with Crippen LogP contribution < -0.4 is 14.5 Å². The van der Waals surface area contributed by atoms with Crippen molar-refractivity contribution < 1.29 is 22.7 Å². The highest BCUT2D eigenvalue weighted by Crippen LogP contribution is 2.28. The highest BCUT2D eigenvalue weighted by atomic mass is 19.4. The Morgan fingerprint density at radius 2 is 1.65 bits per heavy atom. The van der Waals surface area contributed by atoms with E-state index in [2.05, 4.69) is 14.6 Å². The van der Waals surface area contributed by atoms with Gasteiger partial charge in [0, 0.05) is 51.0 Å². The molecule has 0 radical (unpaired) electrons. The van der Waals surface area contributed by atoms with Gasteiger partial charge in [0.15, 0.2) is 0 Å². The van der Waals surface area contributed by atoms with Crippen LogP contribution in [-0.4, -0.2) is 66.4 Å². The fraction of sp³-hybridized carbons (Fsp3) is 0.476. The molecule has 31 heavy (non-hydrogen) atoms. The van der Waals surface area contributed by atoms with Crippen LogP contribution in [0.2, 0.25) is 0 Å². The van der Waals surface area contributed by atoms with E-state index in [0.29, 0.717) is 32.1 Å². The molecule has 0 N–H and O–H groups in total. The second-order valence-corrected chi connectivity index (χ2v) is 7.68. The molecule has 1 aromatic carbocycles. The fourth-order valence-electron chi connectivity index (χ4n) is 3.92. The SMILES string of the molecule is Cc1cc(N2CCCC2)nc(N2CCN(C(=O)c3ccccc3OC(F)(F)F)CC2)n1. The molecule has 0 unspecified atom stereocenters. The second kappa shape index (κ2) is 8.60. The molecule has 2 aromatic rings. The van der Waals surface area contributed by atoms with Gasteiger partial charge in [-0.2, -0.15) is 4.98 Å². The van der Waals surface area contributed by atoms with E-state index in [1.165, 1.54) is 23.1 Å². The van der Waals surface area contributed by atoms with Crippen molar-refractivity contribution in [1.82, 2.24) is 14.9 Å². The van der Waals surface area contributed by atoms with Gasteiger partial charge in [-0.05, 0) is 31.9 Å². The lowest BCUT2D eigenvalue weighted by molar-refractivity contribution is -0.274. The highest BCUT2D eigenvalue weighted by Gasteiger charge is 2.34. The number of nitrogens with zero attached hydrogens (tertiary/aromatic N) is 5. The van der Waals surface area contributed by atoms with Crippen molar-refractivity contribution in [3.8, 4) is 5.75 Å². The van der Waals surface area contributed by atoms with Crippen LogP contribution in [0.15, 0.2) is 30.3 Å². The maximum Gasteiger partial charge on any atom is 0.573 e. The van der Waals surface area contributed by atoms with Crippen LogP contribution in [0.25, 0.3) is 0 Å². The number of para-hydroxylation sites is 1. The van der Waals surface area contributed by atoms with Crippen molar-refractivity contribution in [3.05, 3.63) is 41.6 Å². The maximum atomic E-state index is 12.9. The third-order valence-electron chi connectivity index (χ3n) is 5.45. The first-order valence-electron chi connectivity index (χ1n) is 10.3. The molecule has 0 bridgehead atoms. The van der Waals surface area contributed by atoms with Gasteiger partial charge in [0.2, 0.25) is 5.95 Å². The molecule has 166 valence electrons. The number of ether oxygens (including phenoxy) is 1. The number of amides is 1. The lowest BCUT2D eigenvalue weighted by atomic mass is 10.1. The molecular weight excluding hydrogens is 411 g/mol. The van der Waals surface area contributed by atoms with Crippen molar-refractivity contribution in [2.45, 2.75) is 26.1 Å². The molecule has 1 amide bonds. The van der Waals surface area contributed by atoms with Gasteiger partial charge in [-0.25, -0.2) is 4.98 Å². The summed E-state index contributed by atoms with van der Waals surface area (Å²) in [5.41, 5.74) is 0.778. The molecule has 0 atom stereocenters. The monoisotopic (exact) mass is 435 g/mol. The number of aromatic nitrogens is 2. The van der Waals surface area contributed by atoms with E-state index in [9.17, 15) is 18.0 Å². The molecule has 3 heterocycles. The number of piperazine rings is 1. The third-order valence-corrected chi connectivity index (χ3v) is 5.45. The zero-order chi connectivity index (χ0) is 22.0. The van der Waals surface area contributed by atoms with Gasteiger partial charge in [-0.3, -0.25) is 4.79 Å². The van der Waals surface area contributed by atoms with Crippen LogP contribution in [0.4, 0.5) is 24.9 Å². The molecule has 2 aliphatic rings. The number of carbonyl (C=O) groups excluding carboxylic acids is 1. The van der Waals surface area contributed by atoms with Gasteiger partial charge >= 0.3 is 6.36 Å². The third kappa shape index (κ3) is 5.00. The van der Waals surface area contributed by atoms with E-state index < -0.39 is 18.0 Å². The van der Waals surface area contributed by atoms with E-state index in [4.69, 9.17) is 4.98 Å². The number of hydrogen-bond acceptors (Lipinski definition) is 6. The summed E-state index contributed by atoms with van der Waals surface area (Å²) in [6.07, 6.45) is -2.55. The number of anilines is 2. The first-order valence-corrected chi connectivity index (χ1v) is 10.3. The summed E-state index contributed by atoms with van der Waals surface area (Å²) in [6, 6.07) is 7.40. The van der Waals surface area contributed by atoms with Crippen LogP contribution >= 0.6 is 0 Å². The second-order valence-electron chi connectivity index (χ2n) is 7.68. The molecular formula is C21H24F3N5O2. The van der Waals surface area contributed by atoms with E-state index in [1.54, 1.807) is 0 Å². The lowest BCUT2D eigenvalue weighted by Crippen LogP contribution is -2.49. The first-order chi connectivity index (χ1) is 14.8. The average Bonchev–Trinajstić information content (AvgIpc) is 3.27. The lowest BCUT2D eigenvalue weighted by Gasteiger charge is -2.35. The minimum atomic E-state index is -4.86. The minimum Gasteiger partial charge on any atom is -0.405 e. The first kappa shape index (κ1) is 21.2. The average molecular weight is 435 g/mol. The Morgan fingerprint density at radius 1 is 0.968 bits per heavy atom. The highest BCUT2D eigenvalue weighted by molar-refractivity contribution is 5.97. The van der Waals surface area contributed by atoms with Gasteiger partial charge in [-0.15, -0.1) is 13.2 Å². The van der Waals surface area contributed by atoms with Gasteiger partial charge in [0.05, 0.1) is 5.56 Å². The Balaban J connectivity index is 1.44. The molecule has 0 saturated carbocycles. The van der Waals surface area contributed by atoms with Gasteiger partial charge in [-0.1, -0.05) is 12.1 Å². The number of rotatable bonds is 4. The molecule has 7 nitrogen and oxygen atoms in total. The van der Waals surface area contributed by atoms with Gasteiger partial charge in [0.25, 0.3) is 5.91 Å². The predicted octanol–water partition coefficient (Wildman–Crippen LogP) is 3.25. The van der Waals surface area contributed by atoms with Crippen LogP contribution in [0.3, 0.4) is 0 Å². The Hall–Kier alpha value is -3.04. The van der Waals surface area contributed by atoms with E-state index in [0.717, 1.165) is 43.5 Å². The Morgan fingerprint density at radius 3 is 2.32 bits per heavy atom. The van der Waals surface area contributed by atoms with Crippen LogP contribution in [-0.2, 0) is 0 Å². The summed E-state index contributed by atoms with van der Waals surface area (Å²) in [5.74, 6) is 0.564. The molecule has 2 saturated heterocycles. The van der Waals surface area contributed by atoms with Gasteiger partial charge in [0.1, 0.15) is 11.6 Å². The number of halogens is 3.